The molecule has 13 heteroatoms. The van der Waals surface area contributed by atoms with Crippen molar-refractivity contribution in [2.45, 2.75) is 77.5 Å². The van der Waals surface area contributed by atoms with Gasteiger partial charge in [-0.2, -0.15) is 0 Å². The molecule has 4 amide bonds. The molecule has 4 aliphatic rings. The van der Waals surface area contributed by atoms with Gasteiger partial charge < -0.3 is 34.6 Å². The normalized spacial score (nSPS) is 20.1. The summed E-state index contributed by atoms with van der Waals surface area (Å²) in [6.07, 6.45) is 2.60. The van der Waals surface area contributed by atoms with Gasteiger partial charge in [0, 0.05) is 83.1 Å². The predicted molar refractivity (Wildman–Crippen MR) is 196 cm³/mol. The maximum Gasteiger partial charge on any atom is 0.410 e. The number of phenols is 1. The Morgan fingerprint density at radius 2 is 1.56 bits per heavy atom. The molecule has 0 unspecified atom stereocenters. The van der Waals surface area contributed by atoms with Crippen LogP contribution >= 0.6 is 0 Å². The molecule has 0 aliphatic carbocycles. The highest BCUT2D eigenvalue weighted by Gasteiger charge is 2.36. The number of anilines is 1. The summed E-state index contributed by atoms with van der Waals surface area (Å²) >= 11 is 0. The molecule has 3 fully saturated rings. The van der Waals surface area contributed by atoms with Crippen molar-refractivity contribution < 1.29 is 33.8 Å². The number of esters is 1. The van der Waals surface area contributed by atoms with E-state index in [9.17, 15) is 24.3 Å². The molecule has 0 radical (unpaired) electrons. The Morgan fingerprint density at radius 1 is 0.865 bits per heavy atom. The third-order valence-corrected chi connectivity index (χ3v) is 11.2. The zero-order valence-corrected chi connectivity index (χ0v) is 30.8. The first-order valence-electron chi connectivity index (χ1n) is 18.9. The highest BCUT2D eigenvalue weighted by atomic mass is 16.6. The third-order valence-electron chi connectivity index (χ3n) is 11.2. The lowest BCUT2D eigenvalue weighted by molar-refractivity contribution is -0.144. The summed E-state index contributed by atoms with van der Waals surface area (Å²) in [5.74, 6) is -0.203. The summed E-state index contributed by atoms with van der Waals surface area (Å²) in [4.78, 5) is 62.8. The van der Waals surface area contributed by atoms with Gasteiger partial charge in [0.1, 0.15) is 5.75 Å². The van der Waals surface area contributed by atoms with Crippen LogP contribution in [-0.2, 0) is 31.9 Å². The van der Waals surface area contributed by atoms with Crippen molar-refractivity contribution in [3.63, 3.8) is 0 Å². The van der Waals surface area contributed by atoms with Crippen molar-refractivity contribution in [3.05, 3.63) is 58.7 Å². The van der Waals surface area contributed by atoms with E-state index >= 15 is 0 Å². The topological polar surface area (TPSA) is 135 Å². The first-order chi connectivity index (χ1) is 25.1. The van der Waals surface area contributed by atoms with Crippen LogP contribution in [0.3, 0.4) is 0 Å². The molecule has 52 heavy (non-hydrogen) atoms. The number of amides is 4. The number of hydrogen-bond acceptors (Lipinski definition) is 9. The largest absolute Gasteiger partial charge is 0.508 e. The van der Waals surface area contributed by atoms with Crippen LogP contribution in [0, 0.1) is 13.8 Å². The van der Waals surface area contributed by atoms with E-state index in [1.54, 1.807) is 11.0 Å². The van der Waals surface area contributed by atoms with Gasteiger partial charge in [-0.3, -0.25) is 19.4 Å². The Morgan fingerprint density at radius 3 is 2.27 bits per heavy atom. The molecule has 4 heterocycles. The lowest BCUT2D eigenvalue weighted by Gasteiger charge is -2.43. The molecular weight excluding hydrogens is 664 g/mol. The minimum Gasteiger partial charge on any atom is -0.508 e. The quantitative estimate of drug-likeness (QED) is 0.372. The molecule has 0 saturated carbocycles. The van der Waals surface area contributed by atoms with Crippen LogP contribution in [0.5, 0.6) is 5.75 Å². The number of nitrogens with one attached hydrogen (secondary N) is 1. The molecule has 13 nitrogen and oxygen atoms in total. The smallest absolute Gasteiger partial charge is 0.410 e. The number of benzene rings is 2. The van der Waals surface area contributed by atoms with Gasteiger partial charge >= 0.3 is 18.1 Å². The minimum atomic E-state index is -1.01. The fraction of sp³-hybridized carbons (Fsp3) is 0.590. The highest BCUT2D eigenvalue weighted by Crippen LogP contribution is 2.27. The maximum absolute atomic E-state index is 14.1. The monoisotopic (exact) mass is 718 g/mol. The van der Waals surface area contributed by atoms with Crippen LogP contribution in [0.2, 0.25) is 0 Å². The average molecular weight is 719 g/mol. The minimum absolute atomic E-state index is 0.000452. The second kappa shape index (κ2) is 17.0. The Labute approximate surface area is 306 Å². The number of piperazine rings is 1. The van der Waals surface area contributed by atoms with Gasteiger partial charge in [-0.1, -0.05) is 24.3 Å². The predicted octanol–water partition coefficient (Wildman–Crippen LogP) is 3.78. The zero-order valence-electron chi connectivity index (χ0n) is 30.8. The number of ether oxygens (including phenoxy) is 2. The molecule has 2 aromatic rings. The number of hydrogen-bond donors (Lipinski definition) is 2. The number of aryl methyl sites for hydroxylation is 2. The first-order valence-corrected chi connectivity index (χ1v) is 18.9. The van der Waals surface area contributed by atoms with E-state index in [2.05, 4.69) is 15.1 Å². The Bertz CT molecular complexity index is 1600. The highest BCUT2D eigenvalue weighted by molar-refractivity contribution is 5.91. The first kappa shape index (κ1) is 37.4. The van der Waals surface area contributed by atoms with Gasteiger partial charge in [0.25, 0.3) is 5.91 Å². The van der Waals surface area contributed by atoms with Gasteiger partial charge in [0.2, 0.25) is 0 Å². The summed E-state index contributed by atoms with van der Waals surface area (Å²) in [5, 5.41) is 13.3. The molecule has 2 N–H and O–H groups in total. The molecular formula is C39H54N6O7. The second-order valence-electron chi connectivity index (χ2n) is 14.6. The molecule has 0 aromatic heterocycles. The van der Waals surface area contributed by atoms with E-state index < -0.39 is 12.2 Å². The van der Waals surface area contributed by atoms with Gasteiger partial charge in [-0.25, -0.2) is 9.59 Å². The molecule has 3 saturated heterocycles. The SMILES string of the molecule is CCOC(=O)CN1CCC(N2CCN(C(=O)[C@@H](Cc3cc(C)c(O)cc3C)OC(=O)N3CCC(N4CCc5ccccc5NC4=O)CC3)CC2)CC1. The van der Waals surface area contributed by atoms with E-state index in [0.29, 0.717) is 70.3 Å². The maximum atomic E-state index is 14.1. The number of nitrogens with zero attached hydrogens (tertiary/aromatic N) is 5. The van der Waals surface area contributed by atoms with E-state index in [-0.39, 0.29) is 36.1 Å². The van der Waals surface area contributed by atoms with Gasteiger partial charge in [-0.15, -0.1) is 0 Å². The Balaban J connectivity index is 1.05. The summed E-state index contributed by atoms with van der Waals surface area (Å²) in [6, 6.07) is 11.7. The van der Waals surface area contributed by atoms with Crippen molar-refractivity contribution in [1.82, 2.24) is 24.5 Å². The standard InChI is InChI=1S/C39H54N6O7/c1-4-51-36(47)26-41-14-10-31(11-15-41)42-19-21-43(22-20-42)37(48)35(25-30-23-28(3)34(46)24-27(30)2)52-39(50)44-16-12-32(13-17-44)45-18-9-29-7-5-6-8-33(29)40-38(45)49/h5-8,23-24,31-32,35,46H,4,9-22,25-26H2,1-3H3,(H,40,49)/t35-/m1/s1. The van der Waals surface area contributed by atoms with Crippen LogP contribution in [0.25, 0.3) is 0 Å². The van der Waals surface area contributed by atoms with Crippen LogP contribution < -0.4 is 5.32 Å². The number of para-hydroxylation sites is 1. The fourth-order valence-corrected chi connectivity index (χ4v) is 8.10. The van der Waals surface area contributed by atoms with Crippen molar-refractivity contribution in [2.75, 3.05) is 77.4 Å². The number of aromatic hydroxyl groups is 1. The Hall–Kier alpha value is -4.36. The summed E-state index contributed by atoms with van der Waals surface area (Å²) in [5.41, 5.74) is 4.34. The van der Waals surface area contributed by atoms with Crippen molar-refractivity contribution in [1.29, 1.82) is 0 Å². The van der Waals surface area contributed by atoms with Crippen LogP contribution in [0.4, 0.5) is 15.3 Å². The molecule has 6 rings (SSSR count). The number of likely N-dealkylation sites (tertiary alicyclic amines) is 2. The van der Waals surface area contributed by atoms with E-state index in [0.717, 1.165) is 67.8 Å². The van der Waals surface area contributed by atoms with Crippen LogP contribution in [0.15, 0.2) is 36.4 Å². The Kier molecular flexibility index (Phi) is 12.2. The number of piperidine rings is 2. The van der Waals surface area contributed by atoms with Crippen LogP contribution in [0.1, 0.15) is 54.9 Å². The number of urea groups is 1. The van der Waals surface area contributed by atoms with E-state index in [4.69, 9.17) is 9.47 Å². The van der Waals surface area contributed by atoms with Gasteiger partial charge in [0.15, 0.2) is 6.10 Å². The molecule has 282 valence electrons. The van der Waals surface area contributed by atoms with Gasteiger partial charge in [-0.05, 0) is 87.3 Å². The van der Waals surface area contributed by atoms with E-state index in [1.165, 1.54) is 0 Å². The third kappa shape index (κ3) is 8.98. The average Bonchev–Trinajstić information content (AvgIpc) is 3.31. The van der Waals surface area contributed by atoms with Gasteiger partial charge in [0.05, 0.1) is 13.2 Å². The number of fused-ring (bicyclic) bond motifs is 1. The molecule has 0 spiro atoms. The van der Waals surface area contributed by atoms with E-state index in [1.807, 2.05) is 60.9 Å². The summed E-state index contributed by atoms with van der Waals surface area (Å²) in [7, 11) is 0. The molecule has 1 atom stereocenters. The van der Waals surface area contributed by atoms with Crippen molar-refractivity contribution >= 4 is 29.7 Å². The lowest BCUT2D eigenvalue weighted by Crippen LogP contribution is -2.57. The summed E-state index contributed by atoms with van der Waals surface area (Å²) < 4.78 is 11.2. The fourth-order valence-electron chi connectivity index (χ4n) is 8.10. The number of carbonyl (C=O) groups is 4. The zero-order chi connectivity index (χ0) is 36.8. The summed E-state index contributed by atoms with van der Waals surface area (Å²) in [6.45, 7) is 11.9. The molecule has 2 aromatic carbocycles. The molecule has 4 aliphatic heterocycles. The molecule has 0 bridgehead atoms. The second-order valence-corrected chi connectivity index (χ2v) is 14.6. The number of carbonyl (C=O) groups excluding carboxylic acids is 4. The lowest BCUT2D eigenvalue weighted by atomic mass is 9.98. The van der Waals surface area contributed by atoms with Crippen LogP contribution in [-0.4, -0.2) is 144 Å². The number of phenolic OH excluding ortho intramolecular Hbond substituents is 1. The number of rotatable bonds is 9. The van der Waals surface area contributed by atoms with Crippen molar-refractivity contribution in [2.24, 2.45) is 0 Å². The van der Waals surface area contributed by atoms with Crippen molar-refractivity contribution in [3.8, 4) is 5.75 Å².